The standard InChI is InChI=1S/C21H19ClN4O2/c1-14-19(20(22)26(24-14)16-8-3-2-4-9-16)21(28)23-15-7-5-10-17(13-15)25-12-6-11-18(25)27/h2-5,7-10,13H,6,11-12H2,1H3,(H,23,28). The summed E-state index contributed by atoms with van der Waals surface area (Å²) in [6.07, 6.45) is 1.41. The Morgan fingerprint density at radius 2 is 1.86 bits per heavy atom. The van der Waals surface area contributed by atoms with Crippen LogP contribution in [0.2, 0.25) is 5.15 Å². The molecule has 1 N–H and O–H groups in total. The quantitative estimate of drug-likeness (QED) is 0.720. The fourth-order valence-corrected chi connectivity index (χ4v) is 3.72. The van der Waals surface area contributed by atoms with Crippen molar-refractivity contribution >= 4 is 34.8 Å². The van der Waals surface area contributed by atoms with Gasteiger partial charge in [0.1, 0.15) is 10.7 Å². The van der Waals surface area contributed by atoms with Gasteiger partial charge in [-0.15, -0.1) is 0 Å². The lowest BCUT2D eigenvalue weighted by molar-refractivity contribution is -0.117. The maximum Gasteiger partial charge on any atom is 0.260 e. The Morgan fingerprint density at radius 1 is 1.11 bits per heavy atom. The second-order valence-corrected chi connectivity index (χ2v) is 7.01. The minimum atomic E-state index is -0.338. The smallest absolute Gasteiger partial charge is 0.260 e. The molecule has 3 aromatic rings. The van der Waals surface area contributed by atoms with Crippen LogP contribution in [0.15, 0.2) is 54.6 Å². The number of hydrogen-bond donors (Lipinski definition) is 1. The molecule has 2 heterocycles. The number of aromatic nitrogens is 2. The summed E-state index contributed by atoms with van der Waals surface area (Å²) >= 11 is 6.47. The number of halogens is 1. The van der Waals surface area contributed by atoms with Crippen molar-refractivity contribution in [1.29, 1.82) is 0 Å². The summed E-state index contributed by atoms with van der Waals surface area (Å²) < 4.78 is 1.55. The molecule has 28 heavy (non-hydrogen) atoms. The van der Waals surface area contributed by atoms with E-state index < -0.39 is 0 Å². The summed E-state index contributed by atoms with van der Waals surface area (Å²) in [5.41, 5.74) is 3.03. The highest BCUT2D eigenvalue weighted by Crippen LogP contribution is 2.27. The van der Waals surface area contributed by atoms with Crippen LogP contribution in [0.3, 0.4) is 0 Å². The first-order chi connectivity index (χ1) is 13.5. The van der Waals surface area contributed by atoms with E-state index in [4.69, 9.17) is 11.6 Å². The average Bonchev–Trinajstić information content (AvgIpc) is 3.25. The maximum atomic E-state index is 12.9. The van der Waals surface area contributed by atoms with E-state index in [-0.39, 0.29) is 17.0 Å². The van der Waals surface area contributed by atoms with Gasteiger partial charge in [0.25, 0.3) is 5.91 Å². The molecule has 0 saturated carbocycles. The lowest BCUT2D eigenvalue weighted by Crippen LogP contribution is -2.23. The summed E-state index contributed by atoms with van der Waals surface area (Å²) in [6.45, 7) is 2.45. The Bertz CT molecular complexity index is 1050. The summed E-state index contributed by atoms with van der Waals surface area (Å²) in [5.74, 6) is -0.235. The number of amides is 2. The van der Waals surface area contributed by atoms with Crippen LogP contribution >= 0.6 is 11.6 Å². The molecule has 0 unspecified atom stereocenters. The number of hydrogen-bond acceptors (Lipinski definition) is 3. The van der Waals surface area contributed by atoms with Crippen molar-refractivity contribution in [2.45, 2.75) is 19.8 Å². The first-order valence-electron chi connectivity index (χ1n) is 9.07. The Hall–Kier alpha value is -3.12. The molecule has 0 bridgehead atoms. The van der Waals surface area contributed by atoms with Crippen LogP contribution in [-0.2, 0) is 4.79 Å². The number of benzene rings is 2. The highest BCUT2D eigenvalue weighted by molar-refractivity contribution is 6.34. The van der Waals surface area contributed by atoms with Crippen molar-refractivity contribution in [3.05, 3.63) is 71.0 Å². The normalized spacial score (nSPS) is 13.8. The third-order valence-corrected chi connectivity index (χ3v) is 5.07. The van der Waals surface area contributed by atoms with E-state index in [0.717, 1.165) is 17.8 Å². The van der Waals surface area contributed by atoms with Gasteiger partial charge in [0.05, 0.1) is 11.4 Å². The number of carbonyl (C=O) groups excluding carboxylic acids is 2. The monoisotopic (exact) mass is 394 g/mol. The van der Waals surface area contributed by atoms with Crippen molar-refractivity contribution in [1.82, 2.24) is 9.78 Å². The zero-order valence-electron chi connectivity index (χ0n) is 15.4. The second-order valence-electron chi connectivity index (χ2n) is 6.65. The third kappa shape index (κ3) is 3.39. The summed E-state index contributed by atoms with van der Waals surface area (Å²) in [7, 11) is 0. The van der Waals surface area contributed by atoms with Gasteiger partial charge < -0.3 is 10.2 Å². The minimum Gasteiger partial charge on any atom is -0.322 e. The lowest BCUT2D eigenvalue weighted by atomic mass is 10.2. The number of anilines is 2. The van der Waals surface area contributed by atoms with Gasteiger partial charge in [-0.3, -0.25) is 9.59 Å². The van der Waals surface area contributed by atoms with Crippen LogP contribution in [0.4, 0.5) is 11.4 Å². The SMILES string of the molecule is Cc1nn(-c2ccccc2)c(Cl)c1C(=O)Nc1cccc(N2CCCC2=O)c1. The number of nitrogens with zero attached hydrogens (tertiary/aromatic N) is 3. The molecule has 2 amide bonds. The van der Waals surface area contributed by atoms with Gasteiger partial charge in [-0.1, -0.05) is 35.9 Å². The Balaban J connectivity index is 1.60. The largest absolute Gasteiger partial charge is 0.322 e. The van der Waals surface area contributed by atoms with Crippen LogP contribution < -0.4 is 10.2 Å². The van der Waals surface area contributed by atoms with Crippen molar-refractivity contribution in [2.75, 3.05) is 16.8 Å². The zero-order chi connectivity index (χ0) is 19.7. The van der Waals surface area contributed by atoms with Gasteiger partial charge in [0, 0.05) is 24.3 Å². The highest BCUT2D eigenvalue weighted by atomic mass is 35.5. The van der Waals surface area contributed by atoms with Gasteiger partial charge in [-0.05, 0) is 43.7 Å². The molecule has 1 aromatic heterocycles. The Kier molecular flexibility index (Phi) is 4.88. The molecule has 6 nitrogen and oxygen atoms in total. The van der Waals surface area contributed by atoms with Crippen LogP contribution in [0.25, 0.3) is 5.69 Å². The van der Waals surface area contributed by atoms with E-state index in [0.29, 0.717) is 29.9 Å². The summed E-state index contributed by atoms with van der Waals surface area (Å²) in [6, 6.07) is 16.7. The van der Waals surface area contributed by atoms with E-state index in [1.165, 1.54) is 0 Å². The van der Waals surface area contributed by atoms with Gasteiger partial charge in [0.2, 0.25) is 5.91 Å². The van der Waals surface area contributed by atoms with E-state index in [1.54, 1.807) is 28.6 Å². The summed E-state index contributed by atoms with van der Waals surface area (Å²) in [4.78, 5) is 26.6. The van der Waals surface area contributed by atoms with Gasteiger partial charge >= 0.3 is 0 Å². The van der Waals surface area contributed by atoms with Crippen LogP contribution in [0, 0.1) is 6.92 Å². The molecule has 142 valence electrons. The first kappa shape index (κ1) is 18.3. The second kappa shape index (κ2) is 7.48. The Morgan fingerprint density at radius 3 is 2.57 bits per heavy atom. The van der Waals surface area contributed by atoms with Gasteiger partial charge in [-0.25, -0.2) is 4.68 Å². The number of carbonyl (C=O) groups is 2. The van der Waals surface area contributed by atoms with E-state index >= 15 is 0 Å². The van der Waals surface area contributed by atoms with Crippen molar-refractivity contribution in [3.8, 4) is 5.69 Å². The predicted octanol–water partition coefficient (Wildman–Crippen LogP) is 4.21. The number of rotatable bonds is 4. The van der Waals surface area contributed by atoms with Crippen LogP contribution in [-0.4, -0.2) is 28.1 Å². The molecule has 0 radical (unpaired) electrons. The fourth-order valence-electron chi connectivity index (χ4n) is 3.36. The van der Waals surface area contributed by atoms with Crippen molar-refractivity contribution < 1.29 is 9.59 Å². The fraction of sp³-hybridized carbons (Fsp3) is 0.190. The van der Waals surface area contributed by atoms with Gasteiger partial charge in [-0.2, -0.15) is 5.10 Å². The van der Waals surface area contributed by atoms with Gasteiger partial charge in [0.15, 0.2) is 0 Å². The molecule has 2 aromatic carbocycles. The number of nitrogens with one attached hydrogen (secondary N) is 1. The number of aryl methyl sites for hydroxylation is 1. The molecule has 1 aliphatic rings. The first-order valence-corrected chi connectivity index (χ1v) is 9.45. The molecular formula is C21H19ClN4O2. The molecule has 0 atom stereocenters. The molecular weight excluding hydrogens is 376 g/mol. The Labute approximate surface area is 167 Å². The zero-order valence-corrected chi connectivity index (χ0v) is 16.1. The molecule has 7 heteroatoms. The lowest BCUT2D eigenvalue weighted by Gasteiger charge is -2.16. The highest BCUT2D eigenvalue weighted by Gasteiger charge is 2.23. The number of para-hydroxylation sites is 1. The van der Waals surface area contributed by atoms with Crippen LogP contribution in [0.1, 0.15) is 28.9 Å². The average molecular weight is 395 g/mol. The topological polar surface area (TPSA) is 67.2 Å². The van der Waals surface area contributed by atoms with Crippen molar-refractivity contribution in [2.24, 2.45) is 0 Å². The van der Waals surface area contributed by atoms with Crippen LogP contribution in [0.5, 0.6) is 0 Å². The molecule has 4 rings (SSSR count). The third-order valence-electron chi connectivity index (χ3n) is 4.72. The molecule has 1 saturated heterocycles. The van der Waals surface area contributed by atoms with E-state index in [1.807, 2.05) is 42.5 Å². The molecule has 1 fully saturated rings. The molecule has 1 aliphatic heterocycles. The summed E-state index contributed by atoms with van der Waals surface area (Å²) in [5, 5.41) is 7.53. The van der Waals surface area contributed by atoms with E-state index in [2.05, 4.69) is 10.4 Å². The van der Waals surface area contributed by atoms with E-state index in [9.17, 15) is 9.59 Å². The molecule has 0 aliphatic carbocycles. The molecule has 0 spiro atoms. The minimum absolute atomic E-state index is 0.103. The predicted molar refractivity (Wildman–Crippen MR) is 109 cm³/mol. The van der Waals surface area contributed by atoms with Crippen molar-refractivity contribution in [3.63, 3.8) is 0 Å². The maximum absolute atomic E-state index is 12.9.